The molecule has 1 heterocycles. The molecule has 0 unspecified atom stereocenters. The number of carbonyl (C=O) groups is 1. The Balaban J connectivity index is 0.00000364. The number of aromatic nitrogens is 1. The Bertz CT molecular complexity index is 762. The molecule has 0 aliphatic carbocycles. The molecule has 0 saturated heterocycles. The third kappa shape index (κ3) is 7.53. The van der Waals surface area contributed by atoms with E-state index in [1.54, 1.807) is 12.1 Å². The Morgan fingerprint density at radius 2 is 2.04 bits per heavy atom. The van der Waals surface area contributed by atoms with Crippen LogP contribution in [0.3, 0.4) is 0 Å². The molecule has 2 aromatic rings. The van der Waals surface area contributed by atoms with Gasteiger partial charge in [0.05, 0.1) is 13.1 Å². The largest absolute Gasteiger partial charge is 0.357 e. The van der Waals surface area contributed by atoms with Crippen molar-refractivity contribution in [2.45, 2.75) is 13.5 Å². The van der Waals surface area contributed by atoms with Crippen LogP contribution < -0.4 is 10.6 Å². The van der Waals surface area contributed by atoms with Gasteiger partial charge < -0.3 is 20.1 Å². The molecule has 1 aromatic heterocycles. The molecule has 8 heteroatoms. The molecule has 1 aromatic carbocycles. The molecule has 0 spiro atoms. The summed E-state index contributed by atoms with van der Waals surface area (Å²) in [5.74, 6) is 0.731. The van der Waals surface area contributed by atoms with Gasteiger partial charge in [0.2, 0.25) is 0 Å². The van der Waals surface area contributed by atoms with Gasteiger partial charge in [-0.2, -0.15) is 0 Å². The van der Waals surface area contributed by atoms with Gasteiger partial charge in [-0.25, -0.2) is 0 Å². The van der Waals surface area contributed by atoms with E-state index in [0.29, 0.717) is 18.7 Å². The van der Waals surface area contributed by atoms with Gasteiger partial charge in [0.25, 0.3) is 5.91 Å². The van der Waals surface area contributed by atoms with Crippen LogP contribution in [0.25, 0.3) is 0 Å². The van der Waals surface area contributed by atoms with Crippen LogP contribution in [-0.2, 0) is 13.6 Å². The van der Waals surface area contributed by atoms with Crippen molar-refractivity contribution in [3.63, 3.8) is 0 Å². The van der Waals surface area contributed by atoms with Crippen molar-refractivity contribution in [3.8, 4) is 0 Å². The predicted octanol–water partition coefficient (Wildman–Crippen LogP) is 3.23. The highest BCUT2D eigenvalue weighted by Gasteiger charge is 2.08. The zero-order chi connectivity index (χ0) is 18.9. The number of aliphatic imine (C=N–C) groups is 1. The van der Waals surface area contributed by atoms with Gasteiger partial charge in [0.15, 0.2) is 5.96 Å². The maximum atomic E-state index is 12.1. The summed E-state index contributed by atoms with van der Waals surface area (Å²) in [6.45, 7) is 4.60. The van der Waals surface area contributed by atoms with Gasteiger partial charge in [-0.05, 0) is 37.3 Å². The summed E-state index contributed by atoms with van der Waals surface area (Å²) in [7, 11) is 4.04. The van der Waals surface area contributed by atoms with E-state index in [1.165, 1.54) is 5.69 Å². The zero-order valence-corrected chi connectivity index (χ0v) is 19.8. The van der Waals surface area contributed by atoms with E-state index >= 15 is 0 Å². The second-order valence-corrected chi connectivity index (χ2v) is 6.88. The predicted molar refractivity (Wildman–Crippen MR) is 125 cm³/mol. The lowest BCUT2D eigenvalue weighted by atomic mass is 10.2. The van der Waals surface area contributed by atoms with Gasteiger partial charge in [-0.3, -0.25) is 9.79 Å². The van der Waals surface area contributed by atoms with Crippen molar-refractivity contribution in [1.82, 2.24) is 20.1 Å². The van der Waals surface area contributed by atoms with Crippen LogP contribution in [0.5, 0.6) is 0 Å². The zero-order valence-electron chi connectivity index (χ0n) is 15.9. The molecule has 2 rings (SSSR count). The minimum Gasteiger partial charge on any atom is -0.357 e. The normalized spacial score (nSPS) is 10.9. The van der Waals surface area contributed by atoms with Crippen LogP contribution in [0.15, 0.2) is 52.1 Å². The lowest BCUT2D eigenvalue weighted by molar-refractivity contribution is 0.0954. The second-order valence-electron chi connectivity index (χ2n) is 5.97. The van der Waals surface area contributed by atoms with E-state index < -0.39 is 0 Å². The number of hydrogen-bond donors (Lipinski definition) is 2. The monoisotopic (exact) mass is 547 g/mol. The van der Waals surface area contributed by atoms with Crippen LogP contribution in [0.4, 0.5) is 0 Å². The minimum atomic E-state index is -0.0938. The Morgan fingerprint density at radius 1 is 1.26 bits per heavy atom. The van der Waals surface area contributed by atoms with E-state index in [0.717, 1.165) is 23.5 Å². The first kappa shape index (κ1) is 23.5. The molecule has 0 fully saturated rings. The van der Waals surface area contributed by atoms with E-state index in [4.69, 9.17) is 0 Å². The van der Waals surface area contributed by atoms with Crippen LogP contribution in [0.2, 0.25) is 0 Å². The molecule has 0 radical (unpaired) electrons. The molecule has 0 bridgehead atoms. The Hall–Kier alpha value is -1.55. The van der Waals surface area contributed by atoms with E-state index in [9.17, 15) is 4.79 Å². The number of aryl methyl sites for hydroxylation is 1. The summed E-state index contributed by atoms with van der Waals surface area (Å²) in [6.07, 6.45) is 2.03. The first-order valence-corrected chi connectivity index (χ1v) is 9.44. The highest BCUT2D eigenvalue weighted by Crippen LogP contribution is 2.11. The first-order valence-electron chi connectivity index (χ1n) is 8.64. The molecule has 1 amide bonds. The van der Waals surface area contributed by atoms with Crippen LogP contribution in [0.1, 0.15) is 23.0 Å². The molecular weight excluding hydrogens is 521 g/mol. The van der Waals surface area contributed by atoms with E-state index in [1.807, 2.05) is 45.4 Å². The molecule has 0 aliphatic heterocycles. The summed E-state index contributed by atoms with van der Waals surface area (Å²) in [5, 5.41) is 6.19. The van der Waals surface area contributed by atoms with E-state index in [2.05, 4.69) is 47.1 Å². The van der Waals surface area contributed by atoms with E-state index in [-0.39, 0.29) is 29.9 Å². The number of halogens is 2. The highest BCUT2D eigenvalue weighted by molar-refractivity contribution is 14.0. The number of guanidine groups is 1. The van der Waals surface area contributed by atoms with Crippen LogP contribution >= 0.6 is 39.9 Å². The molecule has 0 saturated carbocycles. The number of amides is 1. The van der Waals surface area contributed by atoms with Crippen LogP contribution in [-0.4, -0.2) is 48.0 Å². The topological polar surface area (TPSA) is 61.7 Å². The second kappa shape index (κ2) is 12.0. The molecule has 148 valence electrons. The number of hydrogen-bond acceptors (Lipinski definition) is 2. The van der Waals surface area contributed by atoms with Crippen molar-refractivity contribution in [3.05, 3.63) is 58.3 Å². The van der Waals surface area contributed by atoms with Crippen molar-refractivity contribution < 1.29 is 4.79 Å². The number of nitrogens with one attached hydrogen (secondary N) is 2. The Labute approximate surface area is 186 Å². The fourth-order valence-corrected chi connectivity index (χ4v) is 2.91. The maximum Gasteiger partial charge on any atom is 0.251 e. The number of nitrogens with zero attached hydrogens (tertiary/aromatic N) is 3. The average molecular weight is 548 g/mol. The van der Waals surface area contributed by atoms with Crippen LogP contribution in [0, 0.1) is 0 Å². The molecule has 6 nitrogen and oxygen atoms in total. The standard InChI is InChI=1S/C19H26BrN5O.HI/c1-4-21-19(25(3)14-17-9-6-12-24(17)2)23-11-10-22-18(26)15-7-5-8-16(20)13-15;/h5-9,12-13H,4,10-11,14H2,1-3H3,(H,21,23)(H,22,26);1H. The summed E-state index contributed by atoms with van der Waals surface area (Å²) in [5.41, 5.74) is 1.84. The maximum absolute atomic E-state index is 12.1. The SMILES string of the molecule is CCNC(=NCCNC(=O)c1cccc(Br)c1)N(C)Cc1cccn1C.I. The molecular formula is C19H27BrIN5O. The van der Waals surface area contributed by atoms with Gasteiger partial charge >= 0.3 is 0 Å². The van der Waals surface area contributed by atoms with Crippen molar-refractivity contribution in [2.75, 3.05) is 26.7 Å². The molecule has 0 atom stereocenters. The van der Waals surface area contributed by atoms with Gasteiger partial charge in [-0.1, -0.05) is 22.0 Å². The molecule has 2 N–H and O–H groups in total. The van der Waals surface area contributed by atoms with Gasteiger partial charge in [0.1, 0.15) is 0 Å². The fraction of sp³-hybridized carbons (Fsp3) is 0.368. The summed E-state index contributed by atoms with van der Waals surface area (Å²) in [4.78, 5) is 18.8. The fourth-order valence-electron chi connectivity index (χ4n) is 2.51. The number of benzene rings is 1. The quantitative estimate of drug-likeness (QED) is 0.242. The average Bonchev–Trinajstić information content (AvgIpc) is 3.02. The smallest absolute Gasteiger partial charge is 0.251 e. The Morgan fingerprint density at radius 3 is 2.67 bits per heavy atom. The number of rotatable bonds is 7. The first-order chi connectivity index (χ1) is 12.5. The Kier molecular flexibility index (Phi) is 10.5. The molecule has 27 heavy (non-hydrogen) atoms. The lowest BCUT2D eigenvalue weighted by Gasteiger charge is -2.22. The van der Waals surface area contributed by atoms with Crippen molar-refractivity contribution in [2.24, 2.45) is 12.0 Å². The summed E-state index contributed by atoms with van der Waals surface area (Å²) >= 11 is 3.38. The third-order valence-electron chi connectivity index (χ3n) is 3.89. The third-order valence-corrected chi connectivity index (χ3v) is 4.39. The highest BCUT2D eigenvalue weighted by atomic mass is 127. The van der Waals surface area contributed by atoms with Crippen molar-refractivity contribution >= 4 is 51.8 Å². The number of carbonyl (C=O) groups excluding carboxylic acids is 1. The summed E-state index contributed by atoms with van der Waals surface area (Å²) < 4.78 is 2.98. The minimum absolute atomic E-state index is 0. The lowest BCUT2D eigenvalue weighted by Crippen LogP contribution is -2.39. The van der Waals surface area contributed by atoms with Gasteiger partial charge in [0, 0.05) is 49.1 Å². The van der Waals surface area contributed by atoms with Crippen molar-refractivity contribution in [1.29, 1.82) is 0 Å². The molecule has 0 aliphatic rings. The van der Waals surface area contributed by atoms with Gasteiger partial charge in [-0.15, -0.1) is 24.0 Å². The summed E-state index contributed by atoms with van der Waals surface area (Å²) in [6, 6.07) is 11.5.